The number of halogens is 1. The maximum absolute atomic E-state index is 14.6. The molecule has 0 radical (unpaired) electrons. The summed E-state index contributed by atoms with van der Waals surface area (Å²) in [4.78, 5) is 45.7. The topological polar surface area (TPSA) is 63.7 Å². The van der Waals surface area contributed by atoms with Crippen LogP contribution in [0.1, 0.15) is 48.1 Å². The highest BCUT2D eigenvalue weighted by molar-refractivity contribution is 6.32. The lowest BCUT2D eigenvalue weighted by molar-refractivity contribution is 0.0666. The van der Waals surface area contributed by atoms with Crippen molar-refractivity contribution in [1.82, 2.24) is 0 Å². The van der Waals surface area contributed by atoms with Crippen LogP contribution in [0.2, 0.25) is 0 Å². The van der Waals surface area contributed by atoms with Crippen molar-refractivity contribution in [3.63, 3.8) is 0 Å². The number of carbonyl (C=O) groups excluding carboxylic acids is 3. The van der Waals surface area contributed by atoms with Crippen LogP contribution in [0.25, 0.3) is 6.08 Å². The van der Waals surface area contributed by atoms with Crippen molar-refractivity contribution in [3.8, 4) is 5.75 Å². The molecule has 2 aliphatic heterocycles. The van der Waals surface area contributed by atoms with Gasteiger partial charge in [0.2, 0.25) is 0 Å². The fourth-order valence-corrected chi connectivity index (χ4v) is 6.91. The number of hydrogen-bond acceptors (Lipinski definition) is 5. The first kappa shape index (κ1) is 24.2. The van der Waals surface area contributed by atoms with Gasteiger partial charge in [0.15, 0.2) is 17.3 Å². The van der Waals surface area contributed by atoms with E-state index in [1.54, 1.807) is 60.7 Å². The van der Waals surface area contributed by atoms with Crippen LogP contribution < -0.4 is 9.64 Å². The number of nitrogens with zero attached hydrogens (tertiary/aromatic N) is 1. The molecule has 1 fully saturated rings. The van der Waals surface area contributed by atoms with Crippen molar-refractivity contribution in [1.29, 1.82) is 0 Å². The molecular weight excluding hydrogens is 505 g/mol. The molecule has 7 rings (SSSR count). The van der Waals surface area contributed by atoms with Gasteiger partial charge in [-0.05, 0) is 41.5 Å². The smallest absolute Gasteiger partial charge is 0.186 e. The van der Waals surface area contributed by atoms with Gasteiger partial charge in [0.05, 0.1) is 13.2 Å². The molecule has 2 heterocycles. The van der Waals surface area contributed by atoms with Crippen molar-refractivity contribution in [3.05, 3.63) is 137 Å². The third kappa shape index (κ3) is 3.16. The van der Waals surface area contributed by atoms with E-state index < -0.39 is 29.2 Å². The summed E-state index contributed by atoms with van der Waals surface area (Å²) in [5.41, 5.74) is 1.67. The van der Waals surface area contributed by atoms with Crippen molar-refractivity contribution >= 4 is 29.1 Å². The van der Waals surface area contributed by atoms with Crippen LogP contribution in [0.4, 0.5) is 10.1 Å². The number of methoxy groups -OCH3 is 1. The molecule has 3 atom stereocenters. The Hall–Kier alpha value is -4.84. The van der Waals surface area contributed by atoms with Crippen LogP contribution in [0.15, 0.2) is 103 Å². The van der Waals surface area contributed by atoms with Crippen molar-refractivity contribution in [2.24, 2.45) is 5.41 Å². The number of ketones is 3. The number of hydrogen-bond donors (Lipinski definition) is 0. The van der Waals surface area contributed by atoms with Gasteiger partial charge < -0.3 is 9.64 Å². The van der Waals surface area contributed by atoms with Gasteiger partial charge in [-0.2, -0.15) is 0 Å². The Kier molecular flexibility index (Phi) is 5.36. The average Bonchev–Trinajstić information content (AvgIpc) is 3.43. The average molecular weight is 530 g/mol. The Bertz CT molecular complexity index is 1710. The van der Waals surface area contributed by atoms with Crippen LogP contribution in [-0.4, -0.2) is 36.5 Å². The molecule has 1 aliphatic carbocycles. The van der Waals surface area contributed by atoms with E-state index in [4.69, 9.17) is 4.74 Å². The number of ether oxygens (including phenoxy) is 1. The number of Topliss-reactive ketones (excluding diaryl/α,β-unsaturated/α-hetero) is 3. The van der Waals surface area contributed by atoms with Gasteiger partial charge in [-0.1, -0.05) is 78.9 Å². The third-order valence-electron chi connectivity index (χ3n) is 8.56. The number of carbonyl (C=O) groups is 3. The molecule has 0 N–H and O–H groups in total. The van der Waals surface area contributed by atoms with Gasteiger partial charge in [0.1, 0.15) is 23.0 Å². The number of benzene rings is 4. The van der Waals surface area contributed by atoms with E-state index in [1.807, 2.05) is 41.3 Å². The van der Waals surface area contributed by atoms with Gasteiger partial charge in [-0.3, -0.25) is 14.4 Å². The van der Waals surface area contributed by atoms with Gasteiger partial charge in [0.25, 0.3) is 0 Å². The van der Waals surface area contributed by atoms with E-state index in [9.17, 15) is 18.8 Å². The summed E-state index contributed by atoms with van der Waals surface area (Å²) in [6, 6.07) is 25.5. The number of anilines is 1. The first-order chi connectivity index (χ1) is 19.5. The quantitative estimate of drug-likeness (QED) is 0.234. The highest BCUT2D eigenvalue weighted by Crippen LogP contribution is 2.61. The molecule has 3 aliphatic rings. The molecule has 0 aromatic heterocycles. The van der Waals surface area contributed by atoms with E-state index in [2.05, 4.69) is 0 Å². The minimum atomic E-state index is -1.62. The maximum Gasteiger partial charge on any atom is 0.186 e. The predicted octanol–water partition coefficient (Wildman–Crippen LogP) is 6.15. The molecule has 4 aromatic carbocycles. The fraction of sp³-hybridized carbons (Fsp3) is 0.147. The lowest BCUT2D eigenvalue weighted by atomic mass is 9.64. The molecule has 1 spiro atoms. The third-order valence-corrected chi connectivity index (χ3v) is 8.56. The van der Waals surface area contributed by atoms with Crippen LogP contribution in [-0.2, 0) is 0 Å². The molecule has 196 valence electrons. The normalized spacial score (nSPS) is 21.8. The van der Waals surface area contributed by atoms with Crippen molar-refractivity contribution in [2.45, 2.75) is 18.0 Å². The second-order valence-corrected chi connectivity index (χ2v) is 10.4. The van der Waals surface area contributed by atoms with Gasteiger partial charge in [0, 0.05) is 28.3 Å². The standard InChI is InChI=1S/C34H24FNO4/c1-40-24-9-6-8-22(19-24)31(37)30-29(21-13-16-23(35)17-14-21)34(32(38)25-10-3-4-11-26(25)33(34)39)28-18-15-20-7-2-5-12-27(20)36(28)30/h2-19,28-30H,1H3/t28?,29-,30+/m0/s1. The Labute approximate surface area is 230 Å². The first-order valence-electron chi connectivity index (χ1n) is 13.1. The molecule has 0 bridgehead atoms. The highest BCUT2D eigenvalue weighted by Gasteiger charge is 2.71. The van der Waals surface area contributed by atoms with E-state index in [1.165, 1.54) is 19.2 Å². The molecule has 0 amide bonds. The summed E-state index contributed by atoms with van der Waals surface area (Å²) < 4.78 is 19.6. The zero-order valence-electron chi connectivity index (χ0n) is 21.6. The van der Waals surface area contributed by atoms with Crippen LogP contribution in [0.3, 0.4) is 0 Å². The van der Waals surface area contributed by atoms with Crippen molar-refractivity contribution < 1.29 is 23.5 Å². The summed E-state index contributed by atoms with van der Waals surface area (Å²) in [5.74, 6) is -1.70. The second-order valence-electron chi connectivity index (χ2n) is 10.4. The molecule has 6 heteroatoms. The molecule has 0 saturated carbocycles. The zero-order chi connectivity index (χ0) is 27.6. The zero-order valence-corrected chi connectivity index (χ0v) is 21.6. The van der Waals surface area contributed by atoms with E-state index in [0.29, 0.717) is 28.0 Å². The minimum absolute atomic E-state index is 0.253. The summed E-state index contributed by atoms with van der Waals surface area (Å²) in [7, 11) is 1.53. The molecule has 5 nitrogen and oxygen atoms in total. The number of para-hydroxylation sites is 1. The summed E-state index contributed by atoms with van der Waals surface area (Å²) in [6.45, 7) is 0. The predicted molar refractivity (Wildman–Crippen MR) is 150 cm³/mol. The van der Waals surface area contributed by atoms with E-state index in [0.717, 1.165) is 11.3 Å². The fourth-order valence-electron chi connectivity index (χ4n) is 6.91. The van der Waals surface area contributed by atoms with E-state index in [-0.39, 0.29) is 17.3 Å². The Balaban J connectivity index is 1.54. The summed E-state index contributed by atoms with van der Waals surface area (Å²) >= 11 is 0. The highest BCUT2D eigenvalue weighted by atomic mass is 19.1. The van der Waals surface area contributed by atoms with E-state index >= 15 is 0 Å². The molecule has 4 aromatic rings. The molecule has 40 heavy (non-hydrogen) atoms. The van der Waals surface area contributed by atoms with Gasteiger partial charge in [-0.15, -0.1) is 0 Å². The molecule has 1 unspecified atom stereocenters. The largest absolute Gasteiger partial charge is 0.497 e. The van der Waals surface area contributed by atoms with Crippen molar-refractivity contribution in [2.75, 3.05) is 12.0 Å². The lowest BCUT2D eigenvalue weighted by Crippen LogP contribution is -2.48. The minimum Gasteiger partial charge on any atom is -0.497 e. The Morgan fingerprint density at radius 3 is 2.23 bits per heavy atom. The lowest BCUT2D eigenvalue weighted by Gasteiger charge is -2.37. The monoisotopic (exact) mass is 529 g/mol. The van der Waals surface area contributed by atoms with Gasteiger partial charge >= 0.3 is 0 Å². The van der Waals surface area contributed by atoms with Crippen LogP contribution in [0.5, 0.6) is 5.75 Å². The Morgan fingerprint density at radius 2 is 1.52 bits per heavy atom. The molecular formula is C34H24FNO4. The summed E-state index contributed by atoms with van der Waals surface area (Å²) in [5, 5.41) is 0. The maximum atomic E-state index is 14.6. The molecule has 1 saturated heterocycles. The number of fused-ring (bicyclic) bond motifs is 5. The first-order valence-corrected chi connectivity index (χ1v) is 13.1. The SMILES string of the molecule is COc1cccc(C(=O)[C@H]2[C@H](c3ccc(F)cc3)C3(C(=O)c4ccccc4C3=O)C3C=Cc4ccccc4N32)c1. The summed E-state index contributed by atoms with van der Waals surface area (Å²) in [6.07, 6.45) is 3.79. The number of rotatable bonds is 4. The van der Waals surface area contributed by atoms with Gasteiger partial charge in [-0.25, -0.2) is 4.39 Å². The van der Waals surface area contributed by atoms with Crippen LogP contribution >= 0.6 is 0 Å². The van der Waals surface area contributed by atoms with Crippen LogP contribution in [0, 0.1) is 11.2 Å². The Morgan fingerprint density at radius 1 is 0.850 bits per heavy atom. The second kappa shape index (κ2) is 8.85.